The van der Waals surface area contributed by atoms with E-state index < -0.39 is 11.9 Å². The van der Waals surface area contributed by atoms with Crippen LogP contribution in [0.5, 0.6) is 0 Å². The van der Waals surface area contributed by atoms with E-state index in [0.29, 0.717) is 23.9 Å². The molecule has 9 heteroatoms. The number of nitrogens with one attached hydrogen (secondary N) is 2. The summed E-state index contributed by atoms with van der Waals surface area (Å²) in [5.41, 5.74) is -0.809. The Morgan fingerprint density at radius 3 is 2.69 bits per heavy atom. The number of aliphatic imine (C=N–C) groups is 1. The molecule has 2 rings (SSSR count). The Hall–Kier alpha value is -1.35. The summed E-state index contributed by atoms with van der Waals surface area (Å²) < 4.78 is 37.6. The Morgan fingerprint density at radius 2 is 2.04 bits per heavy atom. The van der Waals surface area contributed by atoms with Crippen LogP contribution >= 0.6 is 11.3 Å². The summed E-state index contributed by atoms with van der Waals surface area (Å²) in [5, 5.41) is 7.87. The Labute approximate surface area is 157 Å². The molecule has 2 heterocycles. The fourth-order valence-electron chi connectivity index (χ4n) is 2.83. The second kappa shape index (κ2) is 10.7. The van der Waals surface area contributed by atoms with Crippen molar-refractivity contribution in [2.24, 2.45) is 4.99 Å². The van der Waals surface area contributed by atoms with Gasteiger partial charge in [0, 0.05) is 31.4 Å². The minimum Gasteiger partial charge on any atom is -0.357 e. The van der Waals surface area contributed by atoms with Gasteiger partial charge in [-0.3, -0.25) is 4.99 Å². The molecule has 0 atom stereocenters. The first-order valence-corrected chi connectivity index (χ1v) is 10.1. The molecule has 0 amide bonds. The summed E-state index contributed by atoms with van der Waals surface area (Å²) in [6.07, 6.45) is 0.886. The zero-order valence-corrected chi connectivity index (χ0v) is 16.1. The molecular weight excluding hydrogens is 363 g/mol. The summed E-state index contributed by atoms with van der Waals surface area (Å²) in [6, 6.07) is 0. The third-order valence-electron chi connectivity index (χ3n) is 4.17. The van der Waals surface area contributed by atoms with Crippen molar-refractivity contribution in [3.63, 3.8) is 0 Å². The molecule has 0 bridgehead atoms. The number of aromatic nitrogens is 1. The number of guanidine groups is 1. The Kier molecular flexibility index (Phi) is 8.64. The van der Waals surface area contributed by atoms with E-state index in [-0.39, 0.29) is 0 Å². The molecular formula is C17H28F3N5S. The lowest BCUT2D eigenvalue weighted by molar-refractivity contribution is -0.140. The lowest BCUT2D eigenvalue weighted by Crippen LogP contribution is -2.38. The summed E-state index contributed by atoms with van der Waals surface area (Å²) in [6.45, 7) is 7.57. The van der Waals surface area contributed by atoms with Crippen molar-refractivity contribution in [3.05, 3.63) is 16.1 Å². The number of alkyl halides is 3. The molecule has 0 spiro atoms. The Morgan fingerprint density at radius 1 is 1.27 bits per heavy atom. The van der Waals surface area contributed by atoms with Gasteiger partial charge in [-0.15, -0.1) is 11.3 Å². The normalized spacial score (nSPS) is 16.2. The number of rotatable bonds is 9. The van der Waals surface area contributed by atoms with Crippen LogP contribution in [-0.4, -0.2) is 55.1 Å². The minimum atomic E-state index is -4.37. The van der Waals surface area contributed by atoms with Crippen LogP contribution < -0.4 is 10.6 Å². The van der Waals surface area contributed by atoms with Crippen molar-refractivity contribution in [3.8, 4) is 0 Å². The van der Waals surface area contributed by atoms with E-state index in [2.05, 4.69) is 25.5 Å². The van der Waals surface area contributed by atoms with Crippen molar-refractivity contribution in [1.82, 2.24) is 20.5 Å². The van der Waals surface area contributed by atoms with Gasteiger partial charge in [0.15, 0.2) is 11.7 Å². The van der Waals surface area contributed by atoms with Gasteiger partial charge < -0.3 is 15.5 Å². The summed E-state index contributed by atoms with van der Waals surface area (Å²) >= 11 is 1.04. The van der Waals surface area contributed by atoms with Gasteiger partial charge in [-0.25, -0.2) is 4.98 Å². The van der Waals surface area contributed by atoms with E-state index in [1.807, 2.05) is 6.92 Å². The molecule has 1 aliphatic rings. The van der Waals surface area contributed by atoms with Crippen LogP contribution in [0.2, 0.25) is 0 Å². The molecule has 0 aliphatic carbocycles. The zero-order valence-electron chi connectivity index (χ0n) is 15.2. The van der Waals surface area contributed by atoms with Crippen LogP contribution in [0.25, 0.3) is 0 Å². The van der Waals surface area contributed by atoms with Crippen LogP contribution in [0, 0.1) is 0 Å². The van der Waals surface area contributed by atoms with E-state index in [0.717, 1.165) is 49.2 Å². The second-order valence-electron chi connectivity index (χ2n) is 6.32. The van der Waals surface area contributed by atoms with Crippen LogP contribution in [0.1, 0.15) is 43.3 Å². The van der Waals surface area contributed by atoms with Gasteiger partial charge in [0.25, 0.3) is 0 Å². The summed E-state index contributed by atoms with van der Waals surface area (Å²) in [5.74, 6) is 0.710. The maximum Gasteiger partial charge on any atom is 0.434 e. The zero-order chi connectivity index (χ0) is 18.8. The molecule has 0 aromatic carbocycles. The predicted octanol–water partition coefficient (Wildman–Crippen LogP) is 3.14. The number of thiazole rings is 1. The van der Waals surface area contributed by atoms with Gasteiger partial charge >= 0.3 is 6.18 Å². The highest BCUT2D eigenvalue weighted by Gasteiger charge is 2.33. The number of hydrogen-bond acceptors (Lipinski definition) is 4. The molecule has 0 radical (unpaired) electrons. The molecule has 26 heavy (non-hydrogen) atoms. The van der Waals surface area contributed by atoms with Gasteiger partial charge in [-0.05, 0) is 52.2 Å². The van der Waals surface area contributed by atoms with E-state index in [1.165, 1.54) is 25.9 Å². The number of unbranched alkanes of at least 4 members (excludes halogenated alkanes) is 1. The average molecular weight is 392 g/mol. The number of likely N-dealkylation sites (tertiary alicyclic amines) is 1. The van der Waals surface area contributed by atoms with Crippen molar-refractivity contribution in [1.29, 1.82) is 0 Å². The van der Waals surface area contributed by atoms with Crippen molar-refractivity contribution >= 4 is 17.3 Å². The van der Waals surface area contributed by atoms with Crippen LogP contribution in [0.3, 0.4) is 0 Å². The fourth-order valence-corrected chi connectivity index (χ4v) is 3.63. The predicted molar refractivity (Wildman–Crippen MR) is 99.7 cm³/mol. The molecule has 0 unspecified atom stereocenters. The molecule has 148 valence electrons. The van der Waals surface area contributed by atoms with E-state index in [9.17, 15) is 13.2 Å². The van der Waals surface area contributed by atoms with Gasteiger partial charge in [0.1, 0.15) is 0 Å². The van der Waals surface area contributed by atoms with Gasteiger partial charge in [-0.1, -0.05) is 0 Å². The van der Waals surface area contributed by atoms with Crippen molar-refractivity contribution in [2.45, 2.75) is 45.2 Å². The first-order chi connectivity index (χ1) is 12.5. The topological polar surface area (TPSA) is 52.6 Å². The molecule has 0 saturated carbocycles. The number of hydrogen-bond donors (Lipinski definition) is 2. The average Bonchev–Trinajstić information content (AvgIpc) is 3.25. The number of halogens is 3. The monoisotopic (exact) mass is 391 g/mol. The van der Waals surface area contributed by atoms with Crippen molar-refractivity contribution < 1.29 is 13.2 Å². The molecule has 5 nitrogen and oxygen atoms in total. The van der Waals surface area contributed by atoms with E-state index in [4.69, 9.17) is 0 Å². The van der Waals surface area contributed by atoms with Gasteiger partial charge in [-0.2, -0.15) is 13.2 Å². The lowest BCUT2D eigenvalue weighted by Gasteiger charge is -2.14. The third-order valence-corrected chi connectivity index (χ3v) is 5.08. The highest BCUT2D eigenvalue weighted by Crippen LogP contribution is 2.29. The quantitative estimate of drug-likeness (QED) is 0.386. The highest BCUT2D eigenvalue weighted by molar-refractivity contribution is 7.09. The first-order valence-electron chi connectivity index (χ1n) is 9.25. The first kappa shape index (κ1) is 21.0. The molecule has 1 saturated heterocycles. The molecule has 1 fully saturated rings. The smallest absolute Gasteiger partial charge is 0.357 e. The molecule has 2 N–H and O–H groups in total. The SMILES string of the molecule is CCNC(=NCCCCN1CCCC1)NCCc1nc(C(F)(F)F)cs1. The maximum absolute atomic E-state index is 12.5. The fraction of sp³-hybridized carbons (Fsp3) is 0.765. The van der Waals surface area contributed by atoms with E-state index in [1.54, 1.807) is 0 Å². The van der Waals surface area contributed by atoms with Crippen molar-refractivity contribution in [2.75, 3.05) is 39.3 Å². The van der Waals surface area contributed by atoms with Crippen LogP contribution in [-0.2, 0) is 12.6 Å². The highest BCUT2D eigenvalue weighted by atomic mass is 32.1. The maximum atomic E-state index is 12.5. The summed E-state index contributed by atoms with van der Waals surface area (Å²) in [4.78, 5) is 10.7. The van der Waals surface area contributed by atoms with E-state index >= 15 is 0 Å². The van der Waals surface area contributed by atoms with Crippen LogP contribution in [0.15, 0.2) is 10.4 Å². The third kappa shape index (κ3) is 7.49. The largest absolute Gasteiger partial charge is 0.434 e. The standard InChI is InChI=1S/C17H28F3N5S/c1-2-21-16(22-8-3-4-10-25-11-5-6-12-25)23-9-7-15-24-14(13-26-15)17(18,19)20/h13H,2-12H2,1H3,(H2,21,22,23). The Balaban J connectivity index is 1.66. The van der Waals surface area contributed by atoms with Crippen LogP contribution in [0.4, 0.5) is 13.2 Å². The second-order valence-corrected chi connectivity index (χ2v) is 7.26. The number of nitrogens with zero attached hydrogens (tertiary/aromatic N) is 3. The lowest BCUT2D eigenvalue weighted by atomic mass is 10.3. The van der Waals surface area contributed by atoms with Gasteiger partial charge in [0.05, 0.1) is 5.01 Å². The molecule has 1 aliphatic heterocycles. The molecule has 1 aromatic rings. The Bertz CT molecular complexity index is 553. The van der Waals surface area contributed by atoms with Gasteiger partial charge in [0.2, 0.25) is 0 Å². The summed E-state index contributed by atoms with van der Waals surface area (Å²) in [7, 11) is 0. The minimum absolute atomic E-state index is 0.445. The molecule has 1 aromatic heterocycles.